The summed E-state index contributed by atoms with van der Waals surface area (Å²) in [6.45, 7) is 3.31. The number of hydrogen-bond donors (Lipinski definition) is 4. The van der Waals surface area contributed by atoms with Gasteiger partial charge in [-0.1, -0.05) is 35.8 Å². The van der Waals surface area contributed by atoms with E-state index in [9.17, 15) is 28.1 Å². The molecule has 2 heterocycles. The summed E-state index contributed by atoms with van der Waals surface area (Å²) in [4.78, 5) is 42.2. The molecule has 4 N–H and O–H groups in total. The molecule has 15 nitrogen and oxygen atoms in total. The normalized spacial score (nSPS) is 17.5. The number of ether oxygens (including phenoxy) is 1. The van der Waals surface area contributed by atoms with Gasteiger partial charge < -0.3 is 15.0 Å². The second kappa shape index (κ2) is 12.5. The summed E-state index contributed by atoms with van der Waals surface area (Å²) in [5.41, 5.74) is 1.29. The minimum absolute atomic E-state index is 0.194. The standard InChI is InChI=1S/C22H30N8O7S/c1-3-37-21-17(10-7-11-28(21)22(23)26-30(33)34)25-19(31)13-29-15(2)24-12-18(20(29)32)27-38(35,36)14-16-8-5-4-6-9-16/h4-6,8-9,12,17,21,27H,3,7,10-11,13-14H2,1-2H3,(H2,23,26)(H,25,31). The molecule has 2 unspecified atom stereocenters. The van der Waals surface area contributed by atoms with Crippen molar-refractivity contribution in [3.05, 3.63) is 68.4 Å². The zero-order chi connectivity index (χ0) is 27.9. The Balaban J connectivity index is 1.74. The zero-order valence-corrected chi connectivity index (χ0v) is 21.7. The number of nitrogens with zero attached hydrogens (tertiary/aromatic N) is 4. The maximum Gasteiger partial charge on any atom is 0.278 e. The lowest BCUT2D eigenvalue weighted by molar-refractivity contribution is -0.527. The van der Waals surface area contributed by atoms with Crippen LogP contribution in [0.5, 0.6) is 0 Å². The van der Waals surface area contributed by atoms with Crippen LogP contribution in [0.15, 0.2) is 41.3 Å². The lowest BCUT2D eigenvalue weighted by Crippen LogP contribution is -2.61. The number of hydrogen-bond acceptors (Lipinski definition) is 9. The summed E-state index contributed by atoms with van der Waals surface area (Å²) in [5.74, 6) is -1.20. The Kier molecular flexibility index (Phi) is 9.35. The number of nitro groups is 1. The van der Waals surface area contributed by atoms with Crippen LogP contribution in [0.1, 0.15) is 31.2 Å². The third-order valence-corrected chi connectivity index (χ3v) is 6.99. The Morgan fingerprint density at radius 3 is 2.68 bits per heavy atom. The Bertz CT molecular complexity index is 1330. The first-order chi connectivity index (χ1) is 18.0. The van der Waals surface area contributed by atoms with Gasteiger partial charge in [-0.3, -0.25) is 24.3 Å². The first kappa shape index (κ1) is 28.5. The fraction of sp³-hybridized carbons (Fsp3) is 0.455. The van der Waals surface area contributed by atoms with Gasteiger partial charge in [0.05, 0.1) is 18.0 Å². The molecule has 3 rings (SSSR count). The van der Waals surface area contributed by atoms with Crippen molar-refractivity contribution in [1.82, 2.24) is 25.2 Å². The number of aryl methyl sites for hydroxylation is 1. The Morgan fingerprint density at radius 2 is 2.03 bits per heavy atom. The van der Waals surface area contributed by atoms with Crippen molar-refractivity contribution >= 4 is 27.6 Å². The average Bonchev–Trinajstić information content (AvgIpc) is 2.84. The van der Waals surface area contributed by atoms with E-state index in [1.807, 2.05) is 0 Å². The molecule has 38 heavy (non-hydrogen) atoms. The number of hydrazine groups is 1. The van der Waals surface area contributed by atoms with Crippen molar-refractivity contribution in [2.45, 2.75) is 51.3 Å². The van der Waals surface area contributed by atoms with Crippen molar-refractivity contribution in [1.29, 1.82) is 5.41 Å². The Labute approximate surface area is 218 Å². The molecule has 1 aliphatic rings. The van der Waals surface area contributed by atoms with Crippen LogP contribution in [0, 0.1) is 22.4 Å². The maximum absolute atomic E-state index is 13.0. The molecule has 1 aromatic carbocycles. The SMILES string of the molecule is CCOC1C(NC(=O)Cn2c(C)ncc(NS(=O)(=O)Cc3ccccc3)c2=O)CCCN1C(=N)N[N+](=O)[O-]. The molecule has 0 aliphatic carbocycles. The number of piperidine rings is 1. The van der Waals surface area contributed by atoms with Crippen LogP contribution >= 0.6 is 0 Å². The van der Waals surface area contributed by atoms with E-state index in [4.69, 9.17) is 10.1 Å². The maximum atomic E-state index is 13.0. The third kappa shape index (κ3) is 7.48. The fourth-order valence-corrected chi connectivity index (χ4v) is 5.28. The molecule has 1 saturated heterocycles. The molecule has 0 spiro atoms. The van der Waals surface area contributed by atoms with Gasteiger partial charge >= 0.3 is 0 Å². The quantitative estimate of drug-likeness (QED) is 0.136. The summed E-state index contributed by atoms with van der Waals surface area (Å²) in [6, 6.07) is 7.83. The smallest absolute Gasteiger partial charge is 0.278 e. The summed E-state index contributed by atoms with van der Waals surface area (Å²) >= 11 is 0. The molecule has 0 saturated carbocycles. The lowest BCUT2D eigenvalue weighted by atomic mass is 10.0. The first-order valence-corrected chi connectivity index (χ1v) is 13.4. The minimum atomic E-state index is -3.93. The monoisotopic (exact) mass is 550 g/mol. The highest BCUT2D eigenvalue weighted by Gasteiger charge is 2.36. The Morgan fingerprint density at radius 1 is 1.32 bits per heavy atom. The van der Waals surface area contributed by atoms with Gasteiger partial charge in [0, 0.05) is 13.2 Å². The second-order valence-electron chi connectivity index (χ2n) is 8.53. The molecule has 2 atom stereocenters. The number of sulfonamides is 1. The average molecular weight is 551 g/mol. The number of carbonyl (C=O) groups is 1. The summed E-state index contributed by atoms with van der Waals surface area (Å²) in [6.07, 6.45) is 1.26. The molecular weight excluding hydrogens is 520 g/mol. The van der Waals surface area contributed by atoms with Gasteiger partial charge in [0.15, 0.2) is 11.3 Å². The molecule has 16 heteroatoms. The van der Waals surface area contributed by atoms with E-state index in [1.54, 1.807) is 42.7 Å². The van der Waals surface area contributed by atoms with Crippen LogP contribution in [0.4, 0.5) is 5.69 Å². The highest BCUT2D eigenvalue weighted by molar-refractivity contribution is 7.91. The molecule has 0 bridgehead atoms. The van der Waals surface area contributed by atoms with Crippen LogP contribution in [0.25, 0.3) is 0 Å². The summed E-state index contributed by atoms with van der Waals surface area (Å²) in [5, 5.41) is 20.7. The van der Waals surface area contributed by atoms with E-state index >= 15 is 0 Å². The topological polar surface area (TPSA) is 202 Å². The van der Waals surface area contributed by atoms with Gasteiger partial charge in [0.1, 0.15) is 18.1 Å². The van der Waals surface area contributed by atoms with E-state index in [0.717, 1.165) is 10.8 Å². The van der Waals surface area contributed by atoms with Crippen molar-refractivity contribution in [3.8, 4) is 0 Å². The number of rotatable bonds is 10. The number of aromatic nitrogens is 2. The minimum Gasteiger partial charge on any atom is -0.356 e. The summed E-state index contributed by atoms with van der Waals surface area (Å²) < 4.78 is 34.2. The van der Waals surface area contributed by atoms with Crippen molar-refractivity contribution in [2.75, 3.05) is 17.9 Å². The molecular formula is C22H30N8O7S. The van der Waals surface area contributed by atoms with Gasteiger partial charge in [0.2, 0.25) is 15.9 Å². The molecule has 1 aromatic heterocycles. The van der Waals surface area contributed by atoms with Crippen molar-refractivity contribution in [3.63, 3.8) is 0 Å². The van der Waals surface area contributed by atoms with E-state index < -0.39 is 51.3 Å². The van der Waals surface area contributed by atoms with Crippen LogP contribution in [0.3, 0.4) is 0 Å². The molecule has 206 valence electrons. The number of likely N-dealkylation sites (tertiary alicyclic amines) is 1. The predicted molar refractivity (Wildman–Crippen MR) is 137 cm³/mol. The number of guanidine groups is 1. The van der Waals surface area contributed by atoms with Gasteiger partial charge in [-0.15, -0.1) is 0 Å². The Hall–Kier alpha value is -4.05. The van der Waals surface area contributed by atoms with Crippen molar-refractivity contribution in [2.24, 2.45) is 0 Å². The van der Waals surface area contributed by atoms with E-state index in [1.165, 1.54) is 11.8 Å². The van der Waals surface area contributed by atoms with Gasteiger partial charge in [-0.2, -0.15) is 0 Å². The highest BCUT2D eigenvalue weighted by Crippen LogP contribution is 2.19. The second-order valence-corrected chi connectivity index (χ2v) is 10.3. The van der Waals surface area contributed by atoms with E-state index in [2.05, 4.69) is 15.0 Å². The predicted octanol–water partition coefficient (Wildman–Crippen LogP) is 0.153. The largest absolute Gasteiger partial charge is 0.356 e. The number of anilines is 1. The third-order valence-electron chi connectivity index (χ3n) is 5.75. The van der Waals surface area contributed by atoms with E-state index in [0.29, 0.717) is 24.9 Å². The zero-order valence-electron chi connectivity index (χ0n) is 20.9. The molecule has 2 aromatic rings. The van der Waals surface area contributed by atoms with Crippen LogP contribution in [-0.4, -0.2) is 65.2 Å². The molecule has 0 radical (unpaired) electrons. The van der Waals surface area contributed by atoms with E-state index in [-0.39, 0.29) is 23.9 Å². The van der Waals surface area contributed by atoms with Gasteiger partial charge in [-0.05, 0) is 32.3 Å². The molecule has 1 aliphatic heterocycles. The van der Waals surface area contributed by atoms with Crippen LogP contribution < -0.4 is 21.0 Å². The number of carbonyl (C=O) groups excluding carboxylic acids is 1. The van der Waals surface area contributed by atoms with Crippen LogP contribution in [0.2, 0.25) is 0 Å². The lowest BCUT2D eigenvalue weighted by Gasteiger charge is -2.41. The van der Waals surface area contributed by atoms with Crippen molar-refractivity contribution < 1.29 is 23.0 Å². The fourth-order valence-electron chi connectivity index (χ4n) is 4.10. The molecule has 1 fully saturated rings. The summed E-state index contributed by atoms with van der Waals surface area (Å²) in [7, 11) is -3.93. The van der Waals surface area contributed by atoms with Crippen LogP contribution in [-0.2, 0) is 31.9 Å². The molecule has 1 amide bonds. The highest BCUT2D eigenvalue weighted by atomic mass is 32.2. The number of amides is 1. The van der Waals surface area contributed by atoms with Gasteiger partial charge in [-0.25, -0.2) is 23.5 Å². The van der Waals surface area contributed by atoms with Gasteiger partial charge in [0.25, 0.3) is 11.5 Å². The number of benzene rings is 1. The number of nitrogens with one attached hydrogen (secondary N) is 4. The first-order valence-electron chi connectivity index (χ1n) is 11.8.